The molecule has 1 aromatic carbocycles. The Balaban J connectivity index is 3.12. The fraction of sp³-hybridized carbons (Fsp3) is 0.724. The van der Waals surface area contributed by atoms with Gasteiger partial charge in [0.1, 0.15) is 12.0 Å². The third-order valence-corrected chi connectivity index (χ3v) is 10.6. The second-order valence-corrected chi connectivity index (χ2v) is 19.9. The Morgan fingerprint density at radius 3 is 1.48 bits per heavy atom. The first kappa shape index (κ1) is 45.9. The Kier molecular flexibility index (Phi) is 13.2. The first-order valence-corrected chi connectivity index (χ1v) is 18.7. The largest absolute Gasteiger partial charge is 0.464 e. The summed E-state index contributed by atoms with van der Waals surface area (Å²) in [7, 11) is -1.62. The molecule has 2 atom stereocenters. The zero-order valence-corrected chi connectivity index (χ0v) is 30.1. The number of alkyl halides is 15. The smallest absolute Gasteiger partial charge is 0.384 e. The van der Waals surface area contributed by atoms with Crippen molar-refractivity contribution >= 4 is 41.1 Å². The minimum Gasteiger partial charge on any atom is -0.464 e. The van der Waals surface area contributed by atoms with Gasteiger partial charge in [-0.25, -0.2) is 0 Å². The summed E-state index contributed by atoms with van der Waals surface area (Å²) < 4.78 is 201. The number of ether oxygens (including phenoxy) is 2. The van der Waals surface area contributed by atoms with Gasteiger partial charge in [0.2, 0.25) is 0 Å². The molecule has 0 aliphatic heterocycles. The molecule has 21 heteroatoms. The predicted molar refractivity (Wildman–Crippen MR) is 157 cm³/mol. The van der Waals surface area contributed by atoms with Gasteiger partial charge in [0.15, 0.2) is 6.61 Å². The van der Waals surface area contributed by atoms with Crippen molar-refractivity contribution in [3.63, 3.8) is 0 Å². The number of aliphatic hydroxyl groups excluding tert-OH is 1. The molecule has 0 spiro atoms. The highest BCUT2D eigenvalue weighted by molar-refractivity contribution is 9.09. The summed E-state index contributed by atoms with van der Waals surface area (Å²) in [6, 6.07) is 7.50. The van der Waals surface area contributed by atoms with Gasteiger partial charge in [-0.15, -0.1) is 0 Å². The number of esters is 2. The summed E-state index contributed by atoms with van der Waals surface area (Å²) in [4.78, 5) is 24.9. The summed E-state index contributed by atoms with van der Waals surface area (Å²) in [6.45, 7) is 2.69. The lowest BCUT2D eigenvalue weighted by molar-refractivity contribution is -0.441. The van der Waals surface area contributed by atoms with Gasteiger partial charge in [-0.05, 0) is 32.8 Å². The standard InChI is InChI=1S/C29H35BrF14O5Si/c1-21(2,12-18(30)16-8-10-17(11-9-16)50(5,6)7)19(46)48-14-22(3,13-45)20(47)49-15-24(33,34)26(37,38)28(41,42)29(43,44)27(39,40)25(35,36)23(4,31)32/h8-11,18,45H,12-15H2,1-7H3. The maximum Gasteiger partial charge on any atom is 0.384 e. The molecular formula is C29H35BrF14O5Si. The molecule has 0 saturated heterocycles. The average molecular weight is 838 g/mol. The molecule has 0 aliphatic carbocycles. The van der Waals surface area contributed by atoms with E-state index < -0.39 is 104 Å². The van der Waals surface area contributed by atoms with Crippen molar-refractivity contribution < 1.29 is 85.6 Å². The van der Waals surface area contributed by atoms with Crippen LogP contribution in [0.4, 0.5) is 61.5 Å². The number of benzene rings is 1. The van der Waals surface area contributed by atoms with Crippen molar-refractivity contribution in [2.75, 3.05) is 19.8 Å². The molecule has 0 saturated carbocycles. The molecule has 0 heterocycles. The average Bonchev–Trinajstić information content (AvgIpc) is 2.96. The Labute approximate surface area is 287 Å². The zero-order valence-electron chi connectivity index (χ0n) is 27.5. The maximum absolute atomic E-state index is 14.2. The molecule has 0 aliphatic rings. The van der Waals surface area contributed by atoms with Gasteiger partial charge in [-0.2, -0.15) is 61.5 Å². The Morgan fingerprint density at radius 1 is 0.680 bits per heavy atom. The second kappa shape index (κ2) is 14.3. The van der Waals surface area contributed by atoms with Crippen LogP contribution < -0.4 is 5.19 Å². The number of hydrogen-bond donors (Lipinski definition) is 1. The lowest BCUT2D eigenvalue weighted by Crippen LogP contribution is -2.73. The number of carbonyl (C=O) groups excluding carboxylic acids is 2. The van der Waals surface area contributed by atoms with Crippen molar-refractivity contribution in [3.8, 4) is 0 Å². The summed E-state index contributed by atoms with van der Waals surface area (Å²) in [5.74, 6) is -56.0. The van der Waals surface area contributed by atoms with Crippen LogP contribution in [0.3, 0.4) is 0 Å². The van der Waals surface area contributed by atoms with Crippen LogP contribution in [0.5, 0.6) is 0 Å². The summed E-state index contributed by atoms with van der Waals surface area (Å²) in [5.41, 5.74) is -3.21. The number of hydrogen-bond acceptors (Lipinski definition) is 5. The van der Waals surface area contributed by atoms with Crippen molar-refractivity contribution in [2.45, 2.75) is 100 Å². The van der Waals surface area contributed by atoms with Crippen LogP contribution in [-0.4, -0.2) is 86.4 Å². The normalized spacial score (nSPS) is 16.5. The molecule has 0 radical (unpaired) electrons. The van der Waals surface area contributed by atoms with E-state index in [2.05, 4.69) is 40.3 Å². The van der Waals surface area contributed by atoms with E-state index in [1.54, 1.807) is 0 Å². The lowest BCUT2D eigenvalue weighted by Gasteiger charge is -2.42. The highest BCUT2D eigenvalue weighted by Gasteiger charge is 2.92. The molecule has 290 valence electrons. The molecule has 0 bridgehead atoms. The molecule has 0 aromatic heterocycles. The number of aliphatic hydroxyl groups is 1. The molecule has 5 nitrogen and oxygen atoms in total. The van der Waals surface area contributed by atoms with Gasteiger partial charge in [0.05, 0.1) is 20.1 Å². The SMILES string of the molecule is CC(C)(CC(Br)c1ccc([Si](C)(C)C)cc1)C(=O)OCC(C)(CO)C(=O)OCC(F)(F)C(F)(F)C(F)(F)C(F)(F)C(F)(F)C(F)(F)C(C)(F)F. The molecular weight excluding hydrogens is 802 g/mol. The highest BCUT2D eigenvalue weighted by atomic mass is 79.9. The van der Waals surface area contributed by atoms with Gasteiger partial charge < -0.3 is 14.6 Å². The predicted octanol–water partition coefficient (Wildman–Crippen LogP) is 8.64. The third-order valence-electron chi connectivity index (χ3n) is 7.72. The molecule has 2 unspecified atom stereocenters. The third kappa shape index (κ3) is 8.55. The van der Waals surface area contributed by atoms with E-state index in [-0.39, 0.29) is 6.42 Å². The number of halogens is 15. The van der Waals surface area contributed by atoms with Crippen LogP contribution in [0, 0.1) is 10.8 Å². The van der Waals surface area contributed by atoms with Gasteiger partial charge in [0, 0.05) is 11.8 Å². The molecule has 0 amide bonds. The van der Waals surface area contributed by atoms with Crippen LogP contribution >= 0.6 is 15.9 Å². The minimum atomic E-state index is -8.26. The van der Waals surface area contributed by atoms with Crippen LogP contribution in [0.2, 0.25) is 19.6 Å². The van der Waals surface area contributed by atoms with Crippen LogP contribution in [0.15, 0.2) is 24.3 Å². The van der Waals surface area contributed by atoms with Gasteiger partial charge >= 0.3 is 53.4 Å². The van der Waals surface area contributed by atoms with E-state index in [1.807, 2.05) is 24.3 Å². The van der Waals surface area contributed by atoms with Crippen LogP contribution in [0.25, 0.3) is 0 Å². The maximum atomic E-state index is 14.2. The number of rotatable bonds is 17. The van der Waals surface area contributed by atoms with Gasteiger partial charge in [-0.3, -0.25) is 9.59 Å². The van der Waals surface area contributed by atoms with Crippen LogP contribution in [-0.2, 0) is 19.1 Å². The van der Waals surface area contributed by atoms with E-state index in [0.29, 0.717) is 6.92 Å². The lowest BCUT2D eigenvalue weighted by atomic mass is 9.86. The van der Waals surface area contributed by atoms with Gasteiger partial charge in [0.25, 0.3) is 0 Å². The molecule has 0 fully saturated rings. The Bertz CT molecular complexity index is 1360. The van der Waals surface area contributed by atoms with Gasteiger partial charge in [-0.1, -0.05) is 65.0 Å². The summed E-state index contributed by atoms with van der Waals surface area (Å²) in [6.07, 6.45) is 0.0550. The Hall–Kier alpha value is -2.16. The van der Waals surface area contributed by atoms with Crippen molar-refractivity contribution in [1.82, 2.24) is 0 Å². The van der Waals surface area contributed by atoms with E-state index in [0.717, 1.165) is 10.8 Å². The van der Waals surface area contributed by atoms with Crippen molar-refractivity contribution in [1.29, 1.82) is 0 Å². The van der Waals surface area contributed by atoms with E-state index in [9.17, 15) is 76.2 Å². The van der Waals surface area contributed by atoms with E-state index in [1.165, 1.54) is 13.8 Å². The van der Waals surface area contributed by atoms with Crippen molar-refractivity contribution in [3.05, 3.63) is 29.8 Å². The molecule has 1 aromatic rings. The van der Waals surface area contributed by atoms with Crippen molar-refractivity contribution in [2.24, 2.45) is 10.8 Å². The zero-order chi connectivity index (χ0) is 40.0. The minimum absolute atomic E-state index is 0.0550. The molecule has 1 N–H and O–H groups in total. The Morgan fingerprint density at radius 2 is 1.08 bits per heavy atom. The monoisotopic (exact) mass is 836 g/mol. The topological polar surface area (TPSA) is 72.8 Å². The second-order valence-electron chi connectivity index (χ2n) is 13.8. The fourth-order valence-corrected chi connectivity index (χ4v) is 6.23. The molecule has 50 heavy (non-hydrogen) atoms. The summed E-state index contributed by atoms with van der Waals surface area (Å²) >= 11 is 3.45. The molecule has 1 rings (SSSR count). The fourth-order valence-electron chi connectivity index (χ4n) is 3.95. The summed E-state index contributed by atoms with van der Waals surface area (Å²) in [5, 5.41) is 10.8. The van der Waals surface area contributed by atoms with E-state index >= 15 is 0 Å². The van der Waals surface area contributed by atoms with Crippen LogP contribution in [0.1, 0.15) is 44.5 Å². The number of carbonyl (C=O) groups is 2. The highest BCUT2D eigenvalue weighted by Crippen LogP contribution is 2.62. The van der Waals surface area contributed by atoms with E-state index in [4.69, 9.17) is 4.74 Å². The first-order chi connectivity index (χ1) is 21.9. The quantitative estimate of drug-likeness (QED) is 0.0737. The first-order valence-electron chi connectivity index (χ1n) is 14.3.